The van der Waals surface area contributed by atoms with Gasteiger partial charge in [-0.05, 0) is 27.8 Å². The number of hydrogen-bond donors (Lipinski definition) is 0. The minimum Gasteiger partial charge on any atom is -0.441 e. The van der Waals surface area contributed by atoms with Crippen LogP contribution >= 0.6 is 0 Å². The highest BCUT2D eigenvalue weighted by molar-refractivity contribution is 6.26. The molecule has 0 amide bonds. The Morgan fingerprint density at radius 1 is 0.618 bits per heavy atom. The number of fused-ring (bicyclic) bond motifs is 5. The summed E-state index contributed by atoms with van der Waals surface area (Å²) in [7, 11) is 0. The molecule has 3 heteroatoms. The highest BCUT2D eigenvalue weighted by atomic mass is 16.6. The smallest absolute Gasteiger partial charge is 0.336 e. The van der Waals surface area contributed by atoms with Crippen LogP contribution in [-0.4, -0.2) is 17.4 Å². The van der Waals surface area contributed by atoms with E-state index in [0.717, 1.165) is 33.4 Å². The molecule has 0 unspecified atom stereocenters. The van der Waals surface area contributed by atoms with Crippen molar-refractivity contribution in [3.8, 4) is 0 Å². The lowest BCUT2D eigenvalue weighted by molar-refractivity contribution is -0.145. The third-order valence-electron chi connectivity index (χ3n) is 7.60. The van der Waals surface area contributed by atoms with Crippen LogP contribution in [-0.2, 0) is 21.4 Å². The fourth-order valence-corrected chi connectivity index (χ4v) is 6.43. The third-order valence-corrected chi connectivity index (χ3v) is 7.60. The maximum Gasteiger partial charge on any atom is 0.336 e. The molecular weight excluding hydrogens is 420 g/mol. The van der Waals surface area contributed by atoms with Crippen LogP contribution in [0, 0.1) is 0 Å². The highest BCUT2D eigenvalue weighted by Gasteiger charge is 2.76. The van der Waals surface area contributed by atoms with E-state index < -0.39 is 17.0 Å². The van der Waals surface area contributed by atoms with Crippen molar-refractivity contribution >= 4 is 17.3 Å². The summed E-state index contributed by atoms with van der Waals surface area (Å²) in [5, 5.41) is 0. The molecule has 4 aromatic carbocycles. The first-order chi connectivity index (χ1) is 16.7. The highest BCUT2D eigenvalue weighted by Crippen LogP contribution is 2.68. The van der Waals surface area contributed by atoms with E-state index in [4.69, 9.17) is 4.74 Å². The molecule has 34 heavy (non-hydrogen) atoms. The summed E-state index contributed by atoms with van der Waals surface area (Å²) in [5.74, 6) is -0.551. The molecule has 3 nitrogen and oxygen atoms in total. The molecule has 0 radical (unpaired) electrons. The molecule has 162 valence electrons. The molecule has 0 N–H and O–H groups in total. The fraction of sp³-hybridized carbons (Fsp3) is 0.0968. The summed E-state index contributed by atoms with van der Waals surface area (Å²) in [6, 6.07) is 35.7. The average Bonchev–Trinajstić information content (AvgIpc) is 3.40. The van der Waals surface area contributed by atoms with E-state index in [1.165, 1.54) is 0 Å². The average molecular weight is 440 g/mol. The van der Waals surface area contributed by atoms with Crippen LogP contribution in [0.4, 0.5) is 0 Å². The normalized spacial score (nSPS) is 23.9. The van der Waals surface area contributed by atoms with E-state index in [0.29, 0.717) is 17.6 Å². The maximum absolute atomic E-state index is 14.4. The lowest BCUT2D eigenvalue weighted by atomic mass is 9.65. The predicted octanol–water partition coefficient (Wildman–Crippen LogP) is 5.52. The van der Waals surface area contributed by atoms with Crippen molar-refractivity contribution in [3.63, 3.8) is 0 Å². The van der Waals surface area contributed by atoms with Crippen LogP contribution in [0.2, 0.25) is 0 Å². The first-order valence-corrected chi connectivity index (χ1v) is 11.5. The van der Waals surface area contributed by atoms with Gasteiger partial charge in [-0.1, -0.05) is 109 Å². The zero-order valence-corrected chi connectivity index (χ0v) is 18.3. The number of esters is 1. The lowest BCUT2D eigenvalue weighted by Gasteiger charge is -2.38. The van der Waals surface area contributed by atoms with Gasteiger partial charge in [0.25, 0.3) is 0 Å². The van der Waals surface area contributed by atoms with E-state index in [1.807, 2.05) is 103 Å². The molecule has 1 heterocycles. The van der Waals surface area contributed by atoms with Crippen molar-refractivity contribution in [1.29, 1.82) is 0 Å². The van der Waals surface area contributed by atoms with E-state index in [9.17, 15) is 9.59 Å². The summed E-state index contributed by atoms with van der Waals surface area (Å²) in [4.78, 5) is 27.9. The maximum atomic E-state index is 14.4. The van der Waals surface area contributed by atoms with Gasteiger partial charge in [0.15, 0.2) is 0 Å². The van der Waals surface area contributed by atoms with Crippen molar-refractivity contribution in [2.24, 2.45) is 0 Å². The molecule has 0 fully saturated rings. The van der Waals surface area contributed by atoms with Gasteiger partial charge in [0, 0.05) is 23.1 Å². The van der Waals surface area contributed by atoms with Gasteiger partial charge in [-0.2, -0.15) is 0 Å². The fourth-order valence-electron chi connectivity index (χ4n) is 6.43. The molecule has 3 aliphatic rings. The number of hydrogen-bond acceptors (Lipinski definition) is 3. The van der Waals surface area contributed by atoms with Gasteiger partial charge in [0.2, 0.25) is 11.4 Å². The number of carbonyl (C=O) groups excluding carboxylic acids is 2. The van der Waals surface area contributed by atoms with Gasteiger partial charge in [0.05, 0.1) is 5.41 Å². The molecule has 7 rings (SSSR count). The molecule has 1 spiro atoms. The van der Waals surface area contributed by atoms with Crippen LogP contribution in [0.3, 0.4) is 0 Å². The summed E-state index contributed by atoms with van der Waals surface area (Å²) in [6.45, 7) is 0. The lowest BCUT2D eigenvalue weighted by Crippen LogP contribution is -2.51. The number of carbonyl (C=O) groups is 2. The van der Waals surface area contributed by atoms with Gasteiger partial charge in [-0.25, -0.2) is 4.79 Å². The second-order valence-corrected chi connectivity index (χ2v) is 9.12. The zero-order chi connectivity index (χ0) is 22.9. The standard InChI is InChI=1S/C31H20O3/c32-28-23-16-8-10-18-26(23)30(21-13-5-2-6-14-21)25-17-9-7-15-22(25)27-24(29(33)34-31(27,28)30)19-20-11-3-1-4-12-20/h1-18H,19H2/t30-,31-/m0/s1. The van der Waals surface area contributed by atoms with Crippen LogP contribution in [0.15, 0.2) is 115 Å². The number of ether oxygens (including phenoxy) is 1. The minimum atomic E-state index is -1.44. The molecule has 4 aromatic rings. The Morgan fingerprint density at radius 3 is 1.88 bits per heavy atom. The molecular formula is C31H20O3. The molecule has 0 aromatic heterocycles. The van der Waals surface area contributed by atoms with Crippen LogP contribution in [0.25, 0.3) is 5.57 Å². The van der Waals surface area contributed by atoms with Crippen molar-refractivity contribution in [1.82, 2.24) is 0 Å². The van der Waals surface area contributed by atoms with Crippen LogP contribution < -0.4 is 0 Å². The first kappa shape index (κ1) is 19.2. The Bertz CT molecular complexity index is 1530. The Kier molecular flexibility index (Phi) is 3.76. The Hall–Kier alpha value is -4.24. The van der Waals surface area contributed by atoms with Gasteiger partial charge >= 0.3 is 5.97 Å². The van der Waals surface area contributed by atoms with Crippen molar-refractivity contribution in [2.45, 2.75) is 17.4 Å². The van der Waals surface area contributed by atoms with Crippen LogP contribution in [0.1, 0.15) is 38.2 Å². The SMILES string of the molecule is O=C1O[C@@]23C(=O)c4ccccc4[C@]2(c2ccccc2)c2ccccc2C3=C1Cc1ccccc1. The van der Waals surface area contributed by atoms with Crippen molar-refractivity contribution < 1.29 is 14.3 Å². The molecule has 1 aliphatic heterocycles. The van der Waals surface area contributed by atoms with Crippen LogP contribution in [0.5, 0.6) is 0 Å². The van der Waals surface area contributed by atoms with Crippen molar-refractivity contribution in [2.75, 3.05) is 0 Å². The van der Waals surface area contributed by atoms with Gasteiger partial charge in [-0.15, -0.1) is 0 Å². The molecule has 0 bridgehead atoms. The molecule has 2 atom stereocenters. The molecule has 2 aliphatic carbocycles. The summed E-state index contributed by atoms with van der Waals surface area (Å²) >= 11 is 0. The van der Waals surface area contributed by atoms with Gasteiger partial charge < -0.3 is 4.74 Å². The monoisotopic (exact) mass is 440 g/mol. The van der Waals surface area contributed by atoms with E-state index in [1.54, 1.807) is 0 Å². The first-order valence-electron chi connectivity index (χ1n) is 11.5. The Morgan fingerprint density at radius 2 is 1.18 bits per heavy atom. The second kappa shape index (κ2) is 6.64. The number of ketones is 1. The number of Topliss-reactive ketones (excluding diaryl/α,β-unsaturated/α-hetero) is 1. The summed E-state index contributed by atoms with van der Waals surface area (Å²) in [5.41, 5.74) is 4.32. The third kappa shape index (κ3) is 2.08. The van der Waals surface area contributed by atoms with Crippen molar-refractivity contribution in [3.05, 3.63) is 148 Å². The largest absolute Gasteiger partial charge is 0.441 e. The molecule has 0 saturated heterocycles. The van der Waals surface area contributed by atoms with Gasteiger partial charge in [-0.3, -0.25) is 4.79 Å². The predicted molar refractivity (Wildman–Crippen MR) is 129 cm³/mol. The Labute approximate surface area is 197 Å². The number of rotatable bonds is 3. The second-order valence-electron chi connectivity index (χ2n) is 9.12. The van der Waals surface area contributed by atoms with E-state index in [-0.39, 0.29) is 5.78 Å². The quantitative estimate of drug-likeness (QED) is 0.394. The summed E-state index contributed by atoms with van der Waals surface area (Å²) < 4.78 is 6.35. The minimum absolute atomic E-state index is 0.144. The summed E-state index contributed by atoms with van der Waals surface area (Å²) in [6.07, 6.45) is 0.416. The number of benzene rings is 4. The zero-order valence-electron chi connectivity index (χ0n) is 18.3. The topological polar surface area (TPSA) is 43.4 Å². The molecule has 0 saturated carbocycles. The van der Waals surface area contributed by atoms with E-state index >= 15 is 0 Å². The van der Waals surface area contributed by atoms with E-state index in [2.05, 4.69) is 6.07 Å². The Balaban J connectivity index is 1.64. The van der Waals surface area contributed by atoms with Gasteiger partial charge in [0.1, 0.15) is 0 Å².